The van der Waals surface area contributed by atoms with E-state index in [0.29, 0.717) is 11.4 Å². The maximum Gasteiger partial charge on any atom is 0.279 e. The zero-order chi connectivity index (χ0) is 20.6. The minimum absolute atomic E-state index is 0.321. The van der Waals surface area contributed by atoms with Crippen LogP contribution in [0.25, 0.3) is 0 Å². The summed E-state index contributed by atoms with van der Waals surface area (Å²) in [6.07, 6.45) is 0. The normalized spacial score (nSPS) is 11.0. The van der Waals surface area contributed by atoms with E-state index in [4.69, 9.17) is 4.99 Å². The molecule has 0 saturated heterocycles. The second-order valence-corrected chi connectivity index (χ2v) is 6.67. The molecular formula is C27H20N2O. The molecule has 144 valence electrons. The van der Waals surface area contributed by atoms with E-state index in [2.05, 4.69) is 4.99 Å². The minimum atomic E-state index is -0.321. The van der Waals surface area contributed by atoms with Gasteiger partial charge in [-0.2, -0.15) is 4.99 Å². The molecule has 0 aliphatic carbocycles. The lowest BCUT2D eigenvalue weighted by Gasteiger charge is -2.09. The van der Waals surface area contributed by atoms with Crippen molar-refractivity contribution in [3.63, 3.8) is 0 Å². The van der Waals surface area contributed by atoms with Gasteiger partial charge in [0.1, 0.15) is 0 Å². The van der Waals surface area contributed by atoms with Crippen molar-refractivity contribution in [1.82, 2.24) is 0 Å². The van der Waals surface area contributed by atoms with Crippen molar-refractivity contribution in [1.29, 1.82) is 0 Å². The largest absolute Gasteiger partial charge is 0.279 e. The van der Waals surface area contributed by atoms with Crippen molar-refractivity contribution >= 4 is 17.5 Å². The first-order valence-corrected chi connectivity index (χ1v) is 9.74. The number of amides is 1. The molecule has 0 saturated carbocycles. The van der Waals surface area contributed by atoms with Gasteiger partial charge >= 0.3 is 0 Å². The number of carbonyl (C=O) groups is 1. The summed E-state index contributed by atoms with van der Waals surface area (Å²) in [5.74, 6) is 0.0610. The Balaban J connectivity index is 1.87. The summed E-state index contributed by atoms with van der Waals surface area (Å²) in [5.41, 5.74) is 3.99. The second-order valence-electron chi connectivity index (χ2n) is 6.67. The average Bonchev–Trinajstić information content (AvgIpc) is 2.84. The van der Waals surface area contributed by atoms with E-state index in [1.807, 2.05) is 109 Å². The van der Waals surface area contributed by atoms with Gasteiger partial charge in [-0.3, -0.25) is 4.79 Å². The standard InChI is InChI=1S/C27H20N2O/c30-27(24-19-11-4-12-20-24)29-26(23-17-9-3-10-18-23)28-25(21-13-5-1-6-14-21)22-15-7-2-8-16-22/h1-20H. The zero-order valence-electron chi connectivity index (χ0n) is 16.3. The van der Waals surface area contributed by atoms with Crippen LogP contribution in [0.3, 0.4) is 0 Å². The molecule has 0 aliphatic rings. The van der Waals surface area contributed by atoms with E-state index in [0.717, 1.165) is 22.4 Å². The topological polar surface area (TPSA) is 41.8 Å². The lowest BCUT2D eigenvalue weighted by atomic mass is 10.0. The fourth-order valence-electron chi connectivity index (χ4n) is 3.08. The Morgan fingerprint density at radius 1 is 0.433 bits per heavy atom. The Morgan fingerprint density at radius 3 is 1.23 bits per heavy atom. The summed E-state index contributed by atoms with van der Waals surface area (Å²) in [6, 6.07) is 38.5. The van der Waals surface area contributed by atoms with Crippen LogP contribution in [0.15, 0.2) is 131 Å². The van der Waals surface area contributed by atoms with Crippen LogP contribution < -0.4 is 0 Å². The van der Waals surface area contributed by atoms with Crippen LogP contribution in [0.1, 0.15) is 27.0 Å². The Labute approximate surface area is 176 Å². The van der Waals surface area contributed by atoms with Crippen molar-refractivity contribution in [2.45, 2.75) is 0 Å². The summed E-state index contributed by atoms with van der Waals surface area (Å²) in [6.45, 7) is 0. The molecule has 3 heteroatoms. The van der Waals surface area contributed by atoms with Crippen molar-refractivity contribution in [2.75, 3.05) is 0 Å². The molecular weight excluding hydrogens is 368 g/mol. The minimum Gasteiger partial charge on any atom is -0.267 e. The Kier molecular flexibility index (Phi) is 6.02. The summed E-state index contributed by atoms with van der Waals surface area (Å²) in [5, 5.41) is 0. The van der Waals surface area contributed by atoms with Gasteiger partial charge in [-0.05, 0) is 12.1 Å². The Hall–Kier alpha value is -4.11. The van der Waals surface area contributed by atoms with Gasteiger partial charge in [0, 0.05) is 22.3 Å². The molecule has 0 aliphatic heterocycles. The summed E-state index contributed by atoms with van der Waals surface area (Å²) < 4.78 is 0. The number of rotatable bonds is 4. The van der Waals surface area contributed by atoms with Crippen LogP contribution in [-0.2, 0) is 0 Å². The van der Waals surface area contributed by atoms with E-state index in [1.165, 1.54) is 0 Å². The number of aliphatic imine (C=N–C) groups is 2. The molecule has 0 spiro atoms. The predicted molar refractivity (Wildman–Crippen MR) is 122 cm³/mol. The van der Waals surface area contributed by atoms with E-state index >= 15 is 0 Å². The molecule has 0 radical (unpaired) electrons. The lowest BCUT2D eigenvalue weighted by molar-refractivity contribution is 0.100. The van der Waals surface area contributed by atoms with Gasteiger partial charge in [0.2, 0.25) is 0 Å². The lowest BCUT2D eigenvalue weighted by Crippen LogP contribution is -2.10. The molecule has 3 nitrogen and oxygen atoms in total. The van der Waals surface area contributed by atoms with Gasteiger partial charge in [0.25, 0.3) is 5.91 Å². The summed E-state index contributed by atoms with van der Waals surface area (Å²) in [4.78, 5) is 22.1. The Bertz CT molecular complexity index is 1130. The van der Waals surface area contributed by atoms with Crippen LogP contribution in [-0.4, -0.2) is 17.5 Å². The van der Waals surface area contributed by atoms with Crippen LogP contribution in [0.5, 0.6) is 0 Å². The number of amidine groups is 1. The first kappa shape index (κ1) is 19.2. The molecule has 30 heavy (non-hydrogen) atoms. The van der Waals surface area contributed by atoms with E-state index in [-0.39, 0.29) is 5.91 Å². The van der Waals surface area contributed by atoms with Crippen molar-refractivity contribution in [3.05, 3.63) is 144 Å². The number of nitrogens with zero attached hydrogens (tertiary/aromatic N) is 2. The smallest absolute Gasteiger partial charge is 0.267 e. The van der Waals surface area contributed by atoms with Crippen LogP contribution in [0.2, 0.25) is 0 Å². The van der Waals surface area contributed by atoms with Crippen LogP contribution >= 0.6 is 0 Å². The quantitative estimate of drug-likeness (QED) is 0.321. The van der Waals surface area contributed by atoms with Gasteiger partial charge in [-0.15, -0.1) is 0 Å². The van der Waals surface area contributed by atoms with Gasteiger partial charge < -0.3 is 0 Å². The van der Waals surface area contributed by atoms with E-state index < -0.39 is 0 Å². The number of hydrogen-bond acceptors (Lipinski definition) is 1. The zero-order valence-corrected chi connectivity index (χ0v) is 16.3. The highest BCUT2D eigenvalue weighted by Crippen LogP contribution is 2.14. The number of hydrogen-bond donors (Lipinski definition) is 0. The molecule has 0 bridgehead atoms. The van der Waals surface area contributed by atoms with Gasteiger partial charge in [0.05, 0.1) is 5.71 Å². The van der Waals surface area contributed by atoms with Gasteiger partial charge in [-0.25, -0.2) is 4.99 Å². The molecule has 1 amide bonds. The maximum atomic E-state index is 12.8. The third-order valence-electron chi connectivity index (χ3n) is 4.57. The Morgan fingerprint density at radius 2 is 0.800 bits per heavy atom. The fourth-order valence-corrected chi connectivity index (χ4v) is 3.08. The van der Waals surface area contributed by atoms with Crippen molar-refractivity contribution in [3.8, 4) is 0 Å². The van der Waals surface area contributed by atoms with Gasteiger partial charge in [0.15, 0.2) is 5.84 Å². The number of benzene rings is 4. The third-order valence-corrected chi connectivity index (χ3v) is 4.57. The molecule has 0 fully saturated rings. The highest BCUT2D eigenvalue weighted by Gasteiger charge is 2.12. The van der Waals surface area contributed by atoms with E-state index in [1.54, 1.807) is 12.1 Å². The first-order chi connectivity index (χ1) is 14.8. The third kappa shape index (κ3) is 4.65. The molecule has 4 aromatic rings. The molecule has 0 unspecified atom stereocenters. The first-order valence-electron chi connectivity index (χ1n) is 9.74. The van der Waals surface area contributed by atoms with Crippen molar-refractivity contribution in [2.24, 2.45) is 9.98 Å². The average molecular weight is 388 g/mol. The highest BCUT2D eigenvalue weighted by molar-refractivity contribution is 6.21. The predicted octanol–water partition coefficient (Wildman–Crippen LogP) is 5.81. The van der Waals surface area contributed by atoms with Crippen molar-refractivity contribution < 1.29 is 4.79 Å². The fraction of sp³-hybridized carbons (Fsp3) is 0. The molecule has 4 rings (SSSR count). The molecule has 0 aromatic heterocycles. The summed E-state index contributed by atoms with van der Waals surface area (Å²) >= 11 is 0. The summed E-state index contributed by atoms with van der Waals surface area (Å²) in [7, 11) is 0. The molecule has 4 aromatic carbocycles. The maximum absolute atomic E-state index is 12.8. The highest BCUT2D eigenvalue weighted by atomic mass is 16.1. The monoisotopic (exact) mass is 388 g/mol. The molecule has 0 atom stereocenters. The SMILES string of the molecule is O=C(N=C(N=C(c1ccccc1)c1ccccc1)c1ccccc1)c1ccccc1. The van der Waals surface area contributed by atoms with Gasteiger partial charge in [-0.1, -0.05) is 109 Å². The van der Waals surface area contributed by atoms with Crippen LogP contribution in [0.4, 0.5) is 0 Å². The second kappa shape index (κ2) is 9.39. The van der Waals surface area contributed by atoms with E-state index in [9.17, 15) is 4.79 Å². The molecule has 0 heterocycles. The number of carbonyl (C=O) groups excluding carboxylic acids is 1. The van der Waals surface area contributed by atoms with Crippen LogP contribution in [0, 0.1) is 0 Å². The molecule has 0 N–H and O–H groups in total.